The van der Waals surface area contributed by atoms with Gasteiger partial charge in [-0.3, -0.25) is 9.55 Å². The predicted octanol–water partition coefficient (Wildman–Crippen LogP) is 4.36. The van der Waals surface area contributed by atoms with Crippen molar-refractivity contribution in [2.75, 3.05) is 21.3 Å². The number of ether oxygens (including phenoxy) is 3. The van der Waals surface area contributed by atoms with E-state index >= 15 is 0 Å². The molecule has 4 aromatic rings. The van der Waals surface area contributed by atoms with Crippen molar-refractivity contribution in [1.82, 2.24) is 19.7 Å². The normalized spacial score (nSPS) is 12.9. The molecule has 40 heavy (non-hydrogen) atoms. The first-order valence-electron chi connectivity index (χ1n) is 12.2. The summed E-state index contributed by atoms with van der Waals surface area (Å²) in [4.78, 5) is 4.25. The van der Waals surface area contributed by atoms with E-state index in [9.17, 15) is 12.8 Å². The molecule has 4 rings (SSSR count). The Morgan fingerprint density at radius 3 is 2.33 bits per heavy atom. The highest BCUT2D eigenvalue weighted by molar-refractivity contribution is 7.91. The van der Waals surface area contributed by atoms with Crippen LogP contribution >= 0.6 is 0 Å². The number of aromatic nitrogens is 4. The van der Waals surface area contributed by atoms with Gasteiger partial charge in [0.1, 0.15) is 34.9 Å². The van der Waals surface area contributed by atoms with Crippen molar-refractivity contribution >= 4 is 9.84 Å². The molecule has 0 spiro atoms. The number of pyridine rings is 1. The molecule has 0 amide bonds. The topological polar surface area (TPSA) is 129 Å². The molecule has 0 aliphatic heterocycles. The number of para-hydroxylation sites is 1. The number of hydrogen-bond acceptors (Lipinski definition) is 9. The summed E-state index contributed by atoms with van der Waals surface area (Å²) in [6.07, 6.45) is 2.15. The van der Waals surface area contributed by atoms with Crippen LogP contribution in [0.2, 0.25) is 0 Å². The second-order valence-corrected chi connectivity index (χ2v) is 11.4. The first kappa shape index (κ1) is 28.7. The van der Waals surface area contributed by atoms with Crippen LogP contribution in [0.25, 0.3) is 17.1 Å². The molecule has 2 heterocycles. The van der Waals surface area contributed by atoms with E-state index in [-0.39, 0.29) is 17.0 Å². The molecule has 0 aliphatic rings. The molecule has 2 atom stereocenters. The van der Waals surface area contributed by atoms with Gasteiger partial charge in [-0.25, -0.2) is 12.8 Å². The Morgan fingerprint density at radius 1 is 1.05 bits per heavy atom. The van der Waals surface area contributed by atoms with Crippen molar-refractivity contribution in [2.24, 2.45) is 0 Å². The molecular weight excluding hydrogens is 537 g/mol. The van der Waals surface area contributed by atoms with E-state index in [1.54, 1.807) is 35.2 Å². The standard InChI is InChI=1S/C28H28FN5O5S/c1-17-11-20(15-31-14-17)28-33-32-25(34(28)26-23(37-3)7-6-8-24(26)38-4)16-40(35,36)18(2)27(39-5)21-10-9-19(13-30)12-22(21)29/h6-12,14-15,18,27H,16H2,1-5H3/t18-,27+/m1/s1. The number of methoxy groups -OCH3 is 3. The highest BCUT2D eigenvalue weighted by Crippen LogP contribution is 2.37. The fraction of sp³-hybridized carbons (Fsp3) is 0.286. The lowest BCUT2D eigenvalue weighted by molar-refractivity contribution is 0.0990. The minimum Gasteiger partial charge on any atom is -0.494 e. The molecule has 0 fully saturated rings. The van der Waals surface area contributed by atoms with Gasteiger partial charge in [-0.05, 0) is 49.7 Å². The minimum absolute atomic E-state index is 0.0250. The second-order valence-electron chi connectivity index (χ2n) is 9.05. The Hall–Kier alpha value is -4.34. The number of nitrogens with zero attached hydrogens (tertiary/aromatic N) is 5. The van der Waals surface area contributed by atoms with Crippen molar-refractivity contribution in [3.8, 4) is 34.6 Å². The average molecular weight is 566 g/mol. The van der Waals surface area contributed by atoms with E-state index < -0.39 is 32.8 Å². The SMILES string of the molecule is COc1cccc(OC)c1-n1c(CS(=O)(=O)[C@H](C)[C@H](OC)c2ccc(C#N)cc2F)nnc1-c1cncc(C)c1. The van der Waals surface area contributed by atoms with Crippen LogP contribution in [0.4, 0.5) is 4.39 Å². The molecule has 0 unspecified atom stereocenters. The number of rotatable bonds is 10. The minimum atomic E-state index is -4.03. The molecule has 10 nitrogen and oxygen atoms in total. The van der Waals surface area contributed by atoms with Crippen LogP contribution in [0.3, 0.4) is 0 Å². The largest absolute Gasteiger partial charge is 0.494 e. The van der Waals surface area contributed by atoms with Crippen LogP contribution in [0.15, 0.2) is 54.9 Å². The molecule has 12 heteroatoms. The van der Waals surface area contributed by atoms with Crippen LogP contribution in [-0.2, 0) is 20.3 Å². The molecule has 0 saturated carbocycles. The average Bonchev–Trinajstić information content (AvgIpc) is 3.35. The van der Waals surface area contributed by atoms with E-state index in [1.807, 2.05) is 19.1 Å². The summed E-state index contributed by atoms with van der Waals surface area (Å²) in [6, 6.07) is 12.7. The Bertz CT molecular complexity index is 1660. The highest BCUT2D eigenvalue weighted by Gasteiger charge is 2.35. The van der Waals surface area contributed by atoms with Gasteiger partial charge in [-0.2, -0.15) is 5.26 Å². The molecule has 0 bridgehead atoms. The third-order valence-electron chi connectivity index (χ3n) is 6.50. The fourth-order valence-electron chi connectivity index (χ4n) is 4.46. The maximum absolute atomic E-state index is 14.8. The zero-order chi connectivity index (χ0) is 29.0. The maximum Gasteiger partial charge on any atom is 0.170 e. The fourth-order valence-corrected chi connectivity index (χ4v) is 5.90. The summed E-state index contributed by atoms with van der Waals surface area (Å²) < 4.78 is 60.6. The predicted molar refractivity (Wildman–Crippen MR) is 145 cm³/mol. The summed E-state index contributed by atoms with van der Waals surface area (Å²) in [7, 11) is 0.257. The first-order valence-corrected chi connectivity index (χ1v) is 13.9. The highest BCUT2D eigenvalue weighted by atomic mass is 32.2. The third kappa shape index (κ3) is 5.52. The summed E-state index contributed by atoms with van der Waals surface area (Å²) >= 11 is 0. The smallest absolute Gasteiger partial charge is 0.170 e. The van der Waals surface area contributed by atoms with E-state index in [4.69, 9.17) is 19.5 Å². The number of halogens is 1. The van der Waals surface area contributed by atoms with Gasteiger partial charge in [0.25, 0.3) is 0 Å². The summed E-state index contributed by atoms with van der Waals surface area (Å²) in [5.74, 6) is -0.0627. The van der Waals surface area contributed by atoms with Gasteiger partial charge in [0.15, 0.2) is 21.5 Å². The van der Waals surface area contributed by atoms with Crippen molar-refractivity contribution in [3.63, 3.8) is 0 Å². The van der Waals surface area contributed by atoms with Crippen LogP contribution in [0, 0.1) is 24.1 Å². The van der Waals surface area contributed by atoms with Crippen LogP contribution in [0.5, 0.6) is 11.5 Å². The quantitative estimate of drug-likeness (QED) is 0.275. The van der Waals surface area contributed by atoms with Crippen molar-refractivity contribution in [3.05, 3.63) is 83.2 Å². The molecule has 2 aromatic heterocycles. The summed E-state index contributed by atoms with van der Waals surface area (Å²) in [5.41, 5.74) is 2.02. The Kier molecular flexibility index (Phi) is 8.46. The number of nitriles is 1. The first-order chi connectivity index (χ1) is 19.1. The molecule has 0 N–H and O–H groups in total. The summed E-state index contributed by atoms with van der Waals surface area (Å²) in [5, 5.41) is 16.5. The second kappa shape index (κ2) is 11.8. The van der Waals surface area contributed by atoms with E-state index in [2.05, 4.69) is 15.2 Å². The van der Waals surface area contributed by atoms with Gasteiger partial charge >= 0.3 is 0 Å². The lowest BCUT2D eigenvalue weighted by Crippen LogP contribution is -2.29. The third-order valence-corrected chi connectivity index (χ3v) is 8.54. The van der Waals surface area contributed by atoms with Gasteiger partial charge in [-0.1, -0.05) is 12.1 Å². The molecule has 0 saturated heterocycles. The van der Waals surface area contributed by atoms with Gasteiger partial charge in [-0.15, -0.1) is 10.2 Å². The number of aryl methyl sites for hydroxylation is 1. The lowest BCUT2D eigenvalue weighted by Gasteiger charge is -2.24. The summed E-state index contributed by atoms with van der Waals surface area (Å²) in [6.45, 7) is 3.32. The van der Waals surface area contributed by atoms with Gasteiger partial charge in [0.2, 0.25) is 0 Å². The molecule has 208 valence electrons. The molecular formula is C28H28FN5O5S. The molecule has 0 aliphatic carbocycles. The lowest BCUT2D eigenvalue weighted by atomic mass is 10.0. The zero-order valence-electron chi connectivity index (χ0n) is 22.6. The van der Waals surface area contributed by atoms with E-state index in [0.717, 1.165) is 11.6 Å². The van der Waals surface area contributed by atoms with Crippen molar-refractivity contribution in [2.45, 2.75) is 31.0 Å². The monoisotopic (exact) mass is 565 g/mol. The zero-order valence-corrected chi connectivity index (χ0v) is 23.4. The van der Waals surface area contributed by atoms with E-state index in [0.29, 0.717) is 28.6 Å². The van der Waals surface area contributed by atoms with Gasteiger partial charge in [0, 0.05) is 30.6 Å². The number of sulfone groups is 1. The van der Waals surface area contributed by atoms with Gasteiger partial charge < -0.3 is 14.2 Å². The van der Waals surface area contributed by atoms with Crippen LogP contribution < -0.4 is 9.47 Å². The molecule has 2 aromatic carbocycles. The number of hydrogen-bond donors (Lipinski definition) is 0. The van der Waals surface area contributed by atoms with Crippen molar-refractivity contribution in [1.29, 1.82) is 5.26 Å². The molecule has 0 radical (unpaired) electrons. The Labute approximate surface area is 231 Å². The van der Waals surface area contributed by atoms with E-state index in [1.165, 1.54) is 40.4 Å². The Balaban J connectivity index is 1.84. The van der Waals surface area contributed by atoms with Crippen molar-refractivity contribution < 1.29 is 27.0 Å². The van der Waals surface area contributed by atoms with Crippen LogP contribution in [0.1, 0.15) is 35.5 Å². The number of benzene rings is 2. The maximum atomic E-state index is 14.8. The Morgan fingerprint density at radius 2 is 1.75 bits per heavy atom. The van der Waals surface area contributed by atoms with Gasteiger partial charge in [0.05, 0.1) is 31.1 Å². The van der Waals surface area contributed by atoms with Crippen LogP contribution in [-0.4, -0.2) is 54.7 Å².